The number of benzene rings is 2. The fourth-order valence-electron chi connectivity index (χ4n) is 3.36. The zero-order chi connectivity index (χ0) is 27.0. The molecule has 1 N–H and O–H groups in total. The highest BCUT2D eigenvalue weighted by molar-refractivity contribution is 7.92. The van der Waals surface area contributed by atoms with Crippen LogP contribution in [-0.4, -0.2) is 57.1 Å². The van der Waals surface area contributed by atoms with E-state index >= 15 is 0 Å². The molecule has 0 unspecified atom stereocenters. The first-order valence-electron chi connectivity index (χ1n) is 11.5. The molecule has 8 nitrogen and oxygen atoms in total. The molecule has 11 heteroatoms. The van der Waals surface area contributed by atoms with Crippen LogP contribution < -0.4 is 14.4 Å². The molecule has 0 heterocycles. The maximum absolute atomic E-state index is 13.6. The van der Waals surface area contributed by atoms with E-state index < -0.39 is 28.5 Å². The summed E-state index contributed by atoms with van der Waals surface area (Å²) in [6, 6.07) is 10.4. The van der Waals surface area contributed by atoms with Crippen LogP contribution in [0.1, 0.15) is 33.3 Å². The van der Waals surface area contributed by atoms with E-state index in [0.717, 1.165) is 10.6 Å². The second-order valence-corrected chi connectivity index (χ2v) is 11.5. The zero-order valence-electron chi connectivity index (χ0n) is 21.1. The number of carbonyl (C=O) groups is 2. The molecular formula is C25H33Cl2N3O5S. The molecule has 2 aromatic rings. The van der Waals surface area contributed by atoms with E-state index in [1.165, 1.54) is 4.90 Å². The predicted molar refractivity (Wildman–Crippen MR) is 144 cm³/mol. The topological polar surface area (TPSA) is 96.0 Å². The van der Waals surface area contributed by atoms with Gasteiger partial charge in [-0.2, -0.15) is 0 Å². The Kier molecular flexibility index (Phi) is 10.9. The summed E-state index contributed by atoms with van der Waals surface area (Å²) in [5.41, 5.74) is 0.876. The maximum atomic E-state index is 13.6. The van der Waals surface area contributed by atoms with Gasteiger partial charge in [-0.05, 0) is 61.7 Å². The molecule has 0 saturated heterocycles. The van der Waals surface area contributed by atoms with E-state index in [1.54, 1.807) is 49.4 Å². The first-order valence-corrected chi connectivity index (χ1v) is 14.2. The molecule has 2 rings (SSSR count). The van der Waals surface area contributed by atoms with Crippen LogP contribution in [0.4, 0.5) is 5.69 Å². The first kappa shape index (κ1) is 29.7. The third-order valence-corrected chi connectivity index (χ3v) is 7.05. The molecule has 0 aliphatic heterocycles. The van der Waals surface area contributed by atoms with Crippen molar-refractivity contribution in [3.63, 3.8) is 0 Å². The number of anilines is 1. The van der Waals surface area contributed by atoms with Gasteiger partial charge in [0.2, 0.25) is 21.8 Å². The van der Waals surface area contributed by atoms with Gasteiger partial charge in [0.15, 0.2) is 0 Å². The number of amides is 2. The molecule has 0 fully saturated rings. The Labute approximate surface area is 223 Å². The normalized spacial score (nSPS) is 12.2. The summed E-state index contributed by atoms with van der Waals surface area (Å²) < 4.78 is 31.7. The lowest BCUT2D eigenvalue weighted by molar-refractivity contribution is -0.139. The minimum Gasteiger partial charge on any atom is -0.494 e. The van der Waals surface area contributed by atoms with Gasteiger partial charge in [-0.3, -0.25) is 13.9 Å². The number of ether oxygens (including phenoxy) is 1. The van der Waals surface area contributed by atoms with Crippen molar-refractivity contribution in [2.75, 3.05) is 30.3 Å². The molecular weight excluding hydrogens is 525 g/mol. The molecule has 2 amide bonds. The van der Waals surface area contributed by atoms with Crippen LogP contribution in [0, 0.1) is 5.92 Å². The molecule has 0 aromatic heterocycles. The molecule has 198 valence electrons. The molecule has 0 bridgehead atoms. The van der Waals surface area contributed by atoms with E-state index in [0.29, 0.717) is 40.2 Å². The minimum absolute atomic E-state index is 0.00796. The van der Waals surface area contributed by atoms with Gasteiger partial charge in [0.05, 0.1) is 18.6 Å². The molecule has 1 atom stereocenters. The molecule has 0 aliphatic rings. The summed E-state index contributed by atoms with van der Waals surface area (Å²) in [5.74, 6) is -0.117. The Bertz CT molecular complexity index is 1160. The third-order valence-electron chi connectivity index (χ3n) is 5.32. The van der Waals surface area contributed by atoms with Gasteiger partial charge in [-0.1, -0.05) is 43.1 Å². The average Bonchev–Trinajstić information content (AvgIpc) is 2.80. The van der Waals surface area contributed by atoms with E-state index in [9.17, 15) is 18.0 Å². The Morgan fingerprint density at radius 3 is 2.22 bits per heavy atom. The van der Waals surface area contributed by atoms with Gasteiger partial charge in [0, 0.05) is 23.1 Å². The van der Waals surface area contributed by atoms with Gasteiger partial charge in [-0.15, -0.1) is 0 Å². The Morgan fingerprint density at radius 1 is 1.06 bits per heavy atom. The van der Waals surface area contributed by atoms with Crippen LogP contribution in [0.15, 0.2) is 42.5 Å². The fraction of sp³-hybridized carbons (Fsp3) is 0.440. The SMILES string of the molecule is CCOc1ccc(N(CC(=O)N(Cc2ccc(Cl)cc2Cl)[C@H](C)C(=O)NCC(C)C)S(C)(=O)=O)cc1. The number of nitrogens with zero attached hydrogens (tertiary/aromatic N) is 2. The Morgan fingerprint density at radius 2 is 1.69 bits per heavy atom. The fourth-order valence-corrected chi connectivity index (χ4v) is 4.68. The lowest BCUT2D eigenvalue weighted by Crippen LogP contribution is -2.51. The van der Waals surface area contributed by atoms with Crippen molar-refractivity contribution in [3.05, 3.63) is 58.1 Å². The smallest absolute Gasteiger partial charge is 0.244 e. The zero-order valence-corrected chi connectivity index (χ0v) is 23.5. The molecule has 36 heavy (non-hydrogen) atoms. The van der Waals surface area contributed by atoms with Gasteiger partial charge in [0.25, 0.3) is 0 Å². The summed E-state index contributed by atoms with van der Waals surface area (Å²) in [6.07, 6.45) is 1.02. The van der Waals surface area contributed by atoms with Gasteiger partial charge < -0.3 is 15.0 Å². The second-order valence-electron chi connectivity index (χ2n) is 8.77. The number of nitrogens with one attached hydrogen (secondary N) is 1. The van der Waals surface area contributed by atoms with Crippen molar-refractivity contribution in [1.82, 2.24) is 10.2 Å². The number of carbonyl (C=O) groups excluding carboxylic acids is 2. The van der Waals surface area contributed by atoms with Crippen LogP contribution in [-0.2, 0) is 26.2 Å². The van der Waals surface area contributed by atoms with Crippen molar-refractivity contribution in [1.29, 1.82) is 0 Å². The van der Waals surface area contributed by atoms with Crippen molar-refractivity contribution in [2.24, 2.45) is 5.92 Å². The quantitative estimate of drug-likeness (QED) is 0.418. The lowest BCUT2D eigenvalue weighted by Gasteiger charge is -2.32. The summed E-state index contributed by atoms with van der Waals surface area (Å²) in [7, 11) is -3.82. The number of halogens is 2. The van der Waals surface area contributed by atoms with Crippen LogP contribution in [0.2, 0.25) is 10.0 Å². The molecule has 0 saturated carbocycles. The minimum atomic E-state index is -3.82. The van der Waals surface area contributed by atoms with E-state index in [-0.39, 0.29) is 18.4 Å². The highest BCUT2D eigenvalue weighted by Crippen LogP contribution is 2.25. The largest absolute Gasteiger partial charge is 0.494 e. The average molecular weight is 559 g/mol. The number of sulfonamides is 1. The van der Waals surface area contributed by atoms with Crippen LogP contribution >= 0.6 is 23.2 Å². The van der Waals surface area contributed by atoms with Crippen molar-refractivity contribution >= 4 is 50.7 Å². The first-order chi connectivity index (χ1) is 16.8. The van der Waals surface area contributed by atoms with Crippen LogP contribution in [0.5, 0.6) is 5.75 Å². The summed E-state index contributed by atoms with van der Waals surface area (Å²) >= 11 is 12.3. The van der Waals surface area contributed by atoms with Crippen LogP contribution in [0.25, 0.3) is 0 Å². The highest BCUT2D eigenvalue weighted by Gasteiger charge is 2.30. The number of hydrogen-bond donors (Lipinski definition) is 1. The number of hydrogen-bond acceptors (Lipinski definition) is 5. The Hall–Kier alpha value is -2.49. The molecule has 2 aromatic carbocycles. The highest BCUT2D eigenvalue weighted by atomic mass is 35.5. The van der Waals surface area contributed by atoms with Gasteiger partial charge in [-0.25, -0.2) is 8.42 Å². The molecule has 0 radical (unpaired) electrons. The van der Waals surface area contributed by atoms with E-state index in [1.807, 2.05) is 20.8 Å². The standard InChI is InChI=1S/C25H33Cl2N3O5S/c1-6-35-22-11-9-21(10-12-22)30(36(5,33)34)16-24(31)29(18(4)25(32)28-14-17(2)3)15-19-7-8-20(26)13-23(19)27/h7-13,17-18H,6,14-16H2,1-5H3,(H,28,32)/t18-/m1/s1. The molecule has 0 aliphatic carbocycles. The summed E-state index contributed by atoms with van der Waals surface area (Å²) in [6.45, 7) is 7.76. The second kappa shape index (κ2) is 13.2. The van der Waals surface area contributed by atoms with E-state index in [2.05, 4.69) is 5.32 Å². The summed E-state index contributed by atoms with van der Waals surface area (Å²) in [4.78, 5) is 27.7. The van der Waals surface area contributed by atoms with Gasteiger partial charge in [0.1, 0.15) is 18.3 Å². The molecule has 0 spiro atoms. The summed E-state index contributed by atoms with van der Waals surface area (Å²) in [5, 5.41) is 3.60. The van der Waals surface area contributed by atoms with Crippen molar-refractivity contribution < 1.29 is 22.7 Å². The lowest BCUT2D eigenvalue weighted by atomic mass is 10.1. The predicted octanol–water partition coefficient (Wildman–Crippen LogP) is 4.35. The van der Waals surface area contributed by atoms with Crippen molar-refractivity contribution in [2.45, 2.75) is 40.3 Å². The third kappa shape index (κ3) is 8.57. The monoisotopic (exact) mass is 557 g/mol. The Balaban J connectivity index is 2.38. The van der Waals surface area contributed by atoms with Gasteiger partial charge >= 0.3 is 0 Å². The maximum Gasteiger partial charge on any atom is 0.244 e. The van der Waals surface area contributed by atoms with Crippen LogP contribution in [0.3, 0.4) is 0 Å². The van der Waals surface area contributed by atoms with E-state index in [4.69, 9.17) is 27.9 Å². The number of rotatable bonds is 12. The van der Waals surface area contributed by atoms with Crippen molar-refractivity contribution in [3.8, 4) is 5.75 Å².